The summed E-state index contributed by atoms with van der Waals surface area (Å²) in [4.78, 5) is 11.8. The van der Waals surface area contributed by atoms with Gasteiger partial charge in [-0.3, -0.25) is 4.79 Å². The highest BCUT2D eigenvalue weighted by Gasteiger charge is 2.16. The molecule has 0 aromatic carbocycles. The normalized spacial score (nSPS) is 18.9. The number of carbonyl (C=O) groups excluding carboxylic acids is 1. The van der Waals surface area contributed by atoms with E-state index in [0.717, 1.165) is 51.9 Å². The zero-order chi connectivity index (χ0) is 12.5. The van der Waals surface area contributed by atoms with Gasteiger partial charge in [0.2, 0.25) is 5.91 Å². The molecule has 1 atom stereocenters. The van der Waals surface area contributed by atoms with Crippen molar-refractivity contribution in [1.29, 1.82) is 0 Å². The minimum Gasteiger partial charge on any atom is -0.381 e. The van der Waals surface area contributed by atoms with Gasteiger partial charge < -0.3 is 15.8 Å². The van der Waals surface area contributed by atoms with Gasteiger partial charge in [-0.25, -0.2) is 0 Å². The lowest BCUT2D eigenvalue weighted by molar-refractivity contribution is -0.122. The second kappa shape index (κ2) is 8.48. The van der Waals surface area contributed by atoms with Gasteiger partial charge in [0.1, 0.15) is 0 Å². The van der Waals surface area contributed by atoms with E-state index in [4.69, 9.17) is 10.5 Å². The number of nitrogens with one attached hydrogen (secondary N) is 1. The van der Waals surface area contributed by atoms with Crippen LogP contribution in [0.15, 0.2) is 0 Å². The van der Waals surface area contributed by atoms with Crippen LogP contribution in [0.4, 0.5) is 0 Å². The topological polar surface area (TPSA) is 64.4 Å². The molecule has 0 aromatic heterocycles. The molecular formula is C13H26N2O2. The van der Waals surface area contributed by atoms with E-state index in [1.807, 2.05) is 0 Å². The van der Waals surface area contributed by atoms with Crippen LogP contribution in [0.2, 0.25) is 0 Å². The molecule has 0 aliphatic carbocycles. The summed E-state index contributed by atoms with van der Waals surface area (Å²) in [5.74, 6) is 0.785. The number of nitrogens with two attached hydrogens (primary N) is 1. The van der Waals surface area contributed by atoms with Crippen LogP contribution >= 0.6 is 0 Å². The highest BCUT2D eigenvalue weighted by molar-refractivity contribution is 5.76. The Morgan fingerprint density at radius 3 is 2.71 bits per heavy atom. The smallest absolute Gasteiger partial charge is 0.220 e. The van der Waals surface area contributed by atoms with E-state index in [1.54, 1.807) is 0 Å². The van der Waals surface area contributed by atoms with Gasteiger partial charge in [0.15, 0.2) is 0 Å². The fourth-order valence-corrected chi connectivity index (χ4v) is 2.27. The van der Waals surface area contributed by atoms with Crippen LogP contribution in [0, 0.1) is 5.92 Å². The predicted octanol–water partition coefficient (Wildman–Crippen LogP) is 1.44. The lowest BCUT2D eigenvalue weighted by atomic mass is 9.96. The average Bonchev–Trinajstić information content (AvgIpc) is 2.35. The Morgan fingerprint density at radius 1 is 1.41 bits per heavy atom. The Balaban J connectivity index is 2.14. The van der Waals surface area contributed by atoms with Crippen molar-refractivity contribution in [3.63, 3.8) is 0 Å². The van der Waals surface area contributed by atoms with Gasteiger partial charge >= 0.3 is 0 Å². The highest BCUT2D eigenvalue weighted by Crippen LogP contribution is 2.15. The molecule has 0 aromatic rings. The van der Waals surface area contributed by atoms with Crippen LogP contribution < -0.4 is 11.1 Å². The molecule has 17 heavy (non-hydrogen) atoms. The minimum atomic E-state index is 0.187. The van der Waals surface area contributed by atoms with Gasteiger partial charge in [0, 0.05) is 25.7 Å². The fraction of sp³-hybridized carbons (Fsp3) is 0.923. The molecule has 1 saturated heterocycles. The second-order valence-electron chi connectivity index (χ2n) is 4.84. The van der Waals surface area contributed by atoms with Crippen molar-refractivity contribution >= 4 is 5.91 Å². The van der Waals surface area contributed by atoms with E-state index in [1.165, 1.54) is 0 Å². The van der Waals surface area contributed by atoms with E-state index in [0.29, 0.717) is 18.4 Å². The van der Waals surface area contributed by atoms with Crippen LogP contribution in [0.1, 0.15) is 45.4 Å². The van der Waals surface area contributed by atoms with Crippen molar-refractivity contribution in [3.8, 4) is 0 Å². The predicted molar refractivity (Wildman–Crippen MR) is 68.7 cm³/mol. The quantitative estimate of drug-likeness (QED) is 0.710. The fourth-order valence-electron chi connectivity index (χ4n) is 2.27. The van der Waals surface area contributed by atoms with Crippen LogP contribution in [-0.4, -0.2) is 31.7 Å². The molecule has 1 rings (SSSR count). The van der Waals surface area contributed by atoms with Gasteiger partial charge in [-0.15, -0.1) is 0 Å². The molecule has 1 heterocycles. The average molecular weight is 242 g/mol. The summed E-state index contributed by atoms with van der Waals surface area (Å²) in [5.41, 5.74) is 5.55. The molecule has 4 heteroatoms. The lowest BCUT2D eigenvalue weighted by Crippen LogP contribution is -2.38. The van der Waals surface area contributed by atoms with Crippen LogP contribution in [0.25, 0.3) is 0 Å². The standard InChI is InChI=1S/C13H26N2O2/c1-2-11(5-8-14)3-4-13(16)15-12-6-9-17-10-7-12/h11-12H,2-10,14H2,1H3,(H,15,16). The number of rotatable bonds is 7. The Labute approximate surface area is 104 Å². The summed E-state index contributed by atoms with van der Waals surface area (Å²) in [5, 5.41) is 3.09. The number of ether oxygens (including phenoxy) is 1. The first kappa shape index (κ1) is 14.5. The van der Waals surface area contributed by atoms with E-state index < -0.39 is 0 Å². The molecule has 0 spiro atoms. The summed E-state index contributed by atoms with van der Waals surface area (Å²) in [7, 11) is 0. The minimum absolute atomic E-state index is 0.187. The van der Waals surface area contributed by atoms with Gasteiger partial charge in [-0.2, -0.15) is 0 Å². The van der Waals surface area contributed by atoms with Gasteiger partial charge in [-0.05, 0) is 38.1 Å². The van der Waals surface area contributed by atoms with Gasteiger partial charge in [-0.1, -0.05) is 13.3 Å². The van der Waals surface area contributed by atoms with Crippen molar-refractivity contribution in [2.24, 2.45) is 11.7 Å². The molecule has 3 N–H and O–H groups in total. The first-order valence-corrected chi connectivity index (χ1v) is 6.83. The number of amides is 1. The summed E-state index contributed by atoms with van der Waals surface area (Å²) in [6.07, 6.45) is 5.64. The van der Waals surface area contributed by atoms with Crippen LogP contribution in [-0.2, 0) is 9.53 Å². The SMILES string of the molecule is CCC(CCN)CCC(=O)NC1CCOCC1. The third-order valence-corrected chi connectivity index (χ3v) is 3.52. The van der Waals surface area contributed by atoms with E-state index in [2.05, 4.69) is 12.2 Å². The molecule has 100 valence electrons. The van der Waals surface area contributed by atoms with Crippen LogP contribution in [0.5, 0.6) is 0 Å². The molecule has 0 bridgehead atoms. The second-order valence-corrected chi connectivity index (χ2v) is 4.84. The molecule has 1 unspecified atom stereocenters. The number of carbonyl (C=O) groups is 1. The Bertz CT molecular complexity index is 215. The van der Waals surface area contributed by atoms with Crippen molar-refractivity contribution in [2.75, 3.05) is 19.8 Å². The Kier molecular flexibility index (Phi) is 7.21. The number of hydrogen-bond donors (Lipinski definition) is 2. The molecule has 1 aliphatic heterocycles. The van der Waals surface area contributed by atoms with Crippen molar-refractivity contribution < 1.29 is 9.53 Å². The summed E-state index contributed by atoms with van der Waals surface area (Å²) in [6.45, 7) is 4.43. The maximum absolute atomic E-state index is 11.8. The maximum Gasteiger partial charge on any atom is 0.220 e. The monoisotopic (exact) mass is 242 g/mol. The van der Waals surface area contributed by atoms with E-state index in [9.17, 15) is 4.79 Å². The molecular weight excluding hydrogens is 216 g/mol. The molecule has 0 saturated carbocycles. The number of hydrogen-bond acceptors (Lipinski definition) is 3. The lowest BCUT2D eigenvalue weighted by Gasteiger charge is -2.23. The van der Waals surface area contributed by atoms with E-state index in [-0.39, 0.29) is 5.91 Å². The maximum atomic E-state index is 11.8. The Hall–Kier alpha value is -0.610. The molecule has 4 nitrogen and oxygen atoms in total. The van der Waals surface area contributed by atoms with Gasteiger partial charge in [0.25, 0.3) is 0 Å². The molecule has 1 aliphatic rings. The summed E-state index contributed by atoms with van der Waals surface area (Å²) >= 11 is 0. The third-order valence-electron chi connectivity index (χ3n) is 3.52. The molecule has 1 amide bonds. The zero-order valence-electron chi connectivity index (χ0n) is 10.9. The molecule has 1 fully saturated rings. The van der Waals surface area contributed by atoms with Crippen molar-refractivity contribution in [1.82, 2.24) is 5.32 Å². The third kappa shape index (κ3) is 6.03. The Morgan fingerprint density at radius 2 is 2.12 bits per heavy atom. The first-order valence-electron chi connectivity index (χ1n) is 6.83. The zero-order valence-corrected chi connectivity index (χ0v) is 10.9. The largest absolute Gasteiger partial charge is 0.381 e. The summed E-state index contributed by atoms with van der Waals surface area (Å²) < 4.78 is 5.26. The van der Waals surface area contributed by atoms with Gasteiger partial charge in [0.05, 0.1) is 0 Å². The van der Waals surface area contributed by atoms with E-state index >= 15 is 0 Å². The van der Waals surface area contributed by atoms with Crippen LogP contribution in [0.3, 0.4) is 0 Å². The summed E-state index contributed by atoms with van der Waals surface area (Å²) in [6, 6.07) is 0.325. The first-order chi connectivity index (χ1) is 8.26. The van der Waals surface area contributed by atoms with Crippen molar-refractivity contribution in [3.05, 3.63) is 0 Å². The van der Waals surface area contributed by atoms with Crippen molar-refractivity contribution in [2.45, 2.75) is 51.5 Å². The highest BCUT2D eigenvalue weighted by atomic mass is 16.5. The molecule has 0 radical (unpaired) electrons.